The maximum atomic E-state index is 14.0. The first-order chi connectivity index (χ1) is 23.9. The number of amides is 2. The molecule has 1 fully saturated rings. The highest BCUT2D eigenvalue weighted by Crippen LogP contribution is 2.38. The van der Waals surface area contributed by atoms with Gasteiger partial charge in [-0.3, -0.25) is 24.2 Å². The molecule has 3 aromatic rings. The molecule has 1 aliphatic heterocycles. The van der Waals surface area contributed by atoms with Gasteiger partial charge in [0.1, 0.15) is 17.0 Å². The van der Waals surface area contributed by atoms with Gasteiger partial charge in [-0.05, 0) is 69.7 Å². The number of amidine groups is 1. The molecule has 1 aliphatic carbocycles. The lowest BCUT2D eigenvalue weighted by atomic mass is 9.86. The first kappa shape index (κ1) is 36.7. The molecule has 2 heterocycles. The molecule has 13 heteroatoms. The van der Waals surface area contributed by atoms with E-state index in [0.29, 0.717) is 54.2 Å². The smallest absolute Gasteiger partial charge is 0.263 e. The number of aliphatic imine (C=N–C) groups is 1. The number of unbranched alkanes of at least 4 members (excludes halogenated alkanes) is 1. The van der Waals surface area contributed by atoms with Crippen LogP contribution in [0.4, 0.5) is 5.82 Å². The van der Waals surface area contributed by atoms with Gasteiger partial charge in [-0.1, -0.05) is 67.7 Å². The van der Waals surface area contributed by atoms with Crippen molar-refractivity contribution in [3.63, 3.8) is 0 Å². The van der Waals surface area contributed by atoms with Crippen LogP contribution in [0.25, 0.3) is 11.1 Å². The molecule has 266 valence electrons. The third kappa shape index (κ3) is 7.46. The van der Waals surface area contributed by atoms with Crippen LogP contribution in [0.2, 0.25) is 0 Å². The van der Waals surface area contributed by atoms with Gasteiger partial charge in [0.25, 0.3) is 15.9 Å². The van der Waals surface area contributed by atoms with E-state index in [1.807, 2.05) is 25.1 Å². The molecule has 50 heavy (non-hydrogen) atoms. The first-order valence-electron chi connectivity index (χ1n) is 17.2. The number of hydrogen-bond donors (Lipinski definition) is 2. The first-order valence-corrected chi connectivity index (χ1v) is 18.7. The minimum Gasteiger partial charge on any atom is -0.377 e. The second kappa shape index (κ2) is 15.1. The molecule has 2 aliphatic rings. The Morgan fingerprint density at radius 2 is 1.86 bits per heavy atom. The molecular formula is C37H46N6O6S. The number of hydrogen-bond acceptors (Lipinski definition) is 9. The van der Waals surface area contributed by atoms with E-state index in [1.165, 1.54) is 0 Å². The van der Waals surface area contributed by atoms with Crippen LogP contribution in [0, 0.1) is 30.6 Å². The SMILES string of the molecule is CCCCC1=N[C@](C)(CNC(=O)C2(C#N)CCCC2)C(=O)N1Cc1ccc(-c2ccccc2S(=O)(=O)Nc2noc(C)c2C)c(COCC)c1. The number of benzene rings is 2. The lowest BCUT2D eigenvalue weighted by Gasteiger charge is -2.26. The normalized spacial score (nSPS) is 18.6. The molecule has 2 aromatic carbocycles. The van der Waals surface area contributed by atoms with E-state index in [0.717, 1.165) is 36.8 Å². The number of carbonyl (C=O) groups is 2. The second-order valence-electron chi connectivity index (χ2n) is 13.3. The molecule has 2 amide bonds. The number of anilines is 1. The molecule has 5 rings (SSSR count). The Morgan fingerprint density at radius 3 is 2.52 bits per heavy atom. The summed E-state index contributed by atoms with van der Waals surface area (Å²) in [5.74, 6) is 0.743. The summed E-state index contributed by atoms with van der Waals surface area (Å²) in [5.41, 5.74) is 1.08. The van der Waals surface area contributed by atoms with Crippen LogP contribution in [-0.4, -0.2) is 54.8 Å². The lowest BCUT2D eigenvalue weighted by Crippen LogP contribution is -2.50. The summed E-state index contributed by atoms with van der Waals surface area (Å²) in [4.78, 5) is 33.8. The number of nitrogens with one attached hydrogen (secondary N) is 2. The van der Waals surface area contributed by atoms with E-state index in [9.17, 15) is 23.3 Å². The fraction of sp³-hybridized carbons (Fsp3) is 0.486. The number of nitrogens with zero attached hydrogens (tertiary/aromatic N) is 4. The fourth-order valence-corrected chi connectivity index (χ4v) is 7.82. The average Bonchev–Trinajstić information content (AvgIpc) is 3.79. The van der Waals surface area contributed by atoms with Crippen LogP contribution >= 0.6 is 0 Å². The summed E-state index contributed by atoms with van der Waals surface area (Å²) in [6.45, 7) is 10.0. The van der Waals surface area contributed by atoms with Crippen LogP contribution in [0.1, 0.15) is 88.2 Å². The third-order valence-corrected chi connectivity index (χ3v) is 11.1. The minimum atomic E-state index is -4.06. The molecule has 1 atom stereocenters. The van der Waals surface area contributed by atoms with Gasteiger partial charge in [-0.2, -0.15) is 5.26 Å². The Bertz CT molecular complexity index is 1920. The van der Waals surface area contributed by atoms with Crippen molar-refractivity contribution in [2.75, 3.05) is 17.9 Å². The van der Waals surface area contributed by atoms with E-state index in [1.54, 1.807) is 49.9 Å². The molecule has 0 spiro atoms. The predicted molar refractivity (Wildman–Crippen MR) is 189 cm³/mol. The number of ether oxygens (including phenoxy) is 1. The van der Waals surface area contributed by atoms with Crippen molar-refractivity contribution in [2.45, 2.75) is 103 Å². The van der Waals surface area contributed by atoms with Crippen LogP contribution in [0.3, 0.4) is 0 Å². The van der Waals surface area contributed by atoms with E-state index >= 15 is 0 Å². The van der Waals surface area contributed by atoms with E-state index in [-0.39, 0.29) is 42.2 Å². The van der Waals surface area contributed by atoms with E-state index in [2.05, 4.69) is 28.2 Å². The van der Waals surface area contributed by atoms with Crippen molar-refractivity contribution in [3.8, 4) is 17.2 Å². The predicted octanol–water partition coefficient (Wildman–Crippen LogP) is 6.19. The standard InChI is InChI=1S/C37H46N6O6S/c1-6-8-15-32-40-36(5,24-39-34(44)37(23-38)18-11-12-19-37)35(45)43(32)21-27-16-17-29(28(20-27)22-48-7-2)30-13-9-10-14-31(30)50(46,47)42-33-25(3)26(4)49-41-33/h9-10,13-14,16-17,20H,6-8,11-12,15,18-19,21-22,24H2,1-5H3,(H,39,44)(H,41,42)/t36-/m1/s1. The van der Waals surface area contributed by atoms with Gasteiger partial charge in [0.05, 0.1) is 30.7 Å². The molecule has 0 saturated heterocycles. The molecule has 2 N–H and O–H groups in total. The summed E-state index contributed by atoms with van der Waals surface area (Å²) < 4.78 is 40.9. The average molecular weight is 703 g/mol. The maximum Gasteiger partial charge on any atom is 0.263 e. The largest absolute Gasteiger partial charge is 0.377 e. The molecule has 1 aromatic heterocycles. The molecule has 0 radical (unpaired) electrons. The molecule has 0 bridgehead atoms. The van der Waals surface area contributed by atoms with Gasteiger partial charge in [0.15, 0.2) is 11.4 Å². The van der Waals surface area contributed by atoms with Crippen molar-refractivity contribution in [2.24, 2.45) is 10.4 Å². The molecule has 0 unspecified atom stereocenters. The van der Waals surface area contributed by atoms with E-state index in [4.69, 9.17) is 14.3 Å². The minimum absolute atomic E-state index is 0.00146. The van der Waals surface area contributed by atoms with Crippen LogP contribution in [0.5, 0.6) is 0 Å². The second-order valence-corrected chi connectivity index (χ2v) is 15.0. The fourth-order valence-electron chi connectivity index (χ4n) is 6.54. The van der Waals surface area contributed by atoms with Gasteiger partial charge < -0.3 is 14.6 Å². The van der Waals surface area contributed by atoms with Crippen molar-refractivity contribution in [1.29, 1.82) is 5.26 Å². The monoisotopic (exact) mass is 702 g/mol. The molecule has 1 saturated carbocycles. The zero-order chi connectivity index (χ0) is 36.1. The van der Waals surface area contributed by atoms with Crippen molar-refractivity contribution in [3.05, 3.63) is 64.9 Å². The number of aryl methyl sites for hydroxylation is 1. The molecular weight excluding hydrogens is 657 g/mol. The Kier molecular flexibility index (Phi) is 11.1. The van der Waals surface area contributed by atoms with Gasteiger partial charge in [-0.15, -0.1) is 0 Å². The van der Waals surface area contributed by atoms with Crippen LogP contribution < -0.4 is 10.0 Å². The molecule has 12 nitrogen and oxygen atoms in total. The van der Waals surface area contributed by atoms with Crippen molar-refractivity contribution >= 4 is 33.5 Å². The maximum absolute atomic E-state index is 14.0. The number of aromatic nitrogens is 1. The highest BCUT2D eigenvalue weighted by molar-refractivity contribution is 7.92. The lowest BCUT2D eigenvalue weighted by molar-refractivity contribution is -0.132. The summed E-state index contributed by atoms with van der Waals surface area (Å²) in [6, 6.07) is 14.6. The third-order valence-electron chi connectivity index (χ3n) is 9.67. The number of rotatable bonds is 15. The number of carbonyl (C=O) groups excluding carboxylic acids is 2. The summed E-state index contributed by atoms with van der Waals surface area (Å²) >= 11 is 0. The summed E-state index contributed by atoms with van der Waals surface area (Å²) in [5, 5.41) is 16.5. The highest BCUT2D eigenvalue weighted by Gasteiger charge is 2.47. The van der Waals surface area contributed by atoms with Crippen LogP contribution in [0.15, 0.2) is 56.9 Å². The zero-order valence-corrected chi connectivity index (χ0v) is 30.3. The van der Waals surface area contributed by atoms with Crippen molar-refractivity contribution in [1.82, 2.24) is 15.4 Å². The highest BCUT2D eigenvalue weighted by atomic mass is 32.2. The Labute approximate surface area is 294 Å². The van der Waals surface area contributed by atoms with Crippen molar-refractivity contribution < 1.29 is 27.3 Å². The summed E-state index contributed by atoms with van der Waals surface area (Å²) in [6.07, 6.45) is 5.05. The van der Waals surface area contributed by atoms with E-state index < -0.39 is 21.0 Å². The Balaban J connectivity index is 1.43. The summed E-state index contributed by atoms with van der Waals surface area (Å²) in [7, 11) is -4.06. The Morgan fingerprint density at radius 1 is 1.12 bits per heavy atom. The van der Waals surface area contributed by atoms with Crippen LogP contribution in [-0.2, 0) is 37.5 Å². The Hall–Kier alpha value is -4.54. The topological polar surface area (TPSA) is 167 Å². The van der Waals surface area contributed by atoms with Gasteiger partial charge in [0.2, 0.25) is 5.91 Å². The number of sulfonamides is 1. The number of nitriles is 1. The quantitative estimate of drug-likeness (QED) is 0.189. The van der Waals surface area contributed by atoms with Gasteiger partial charge in [-0.25, -0.2) is 8.42 Å². The van der Waals surface area contributed by atoms with Gasteiger partial charge >= 0.3 is 0 Å². The zero-order valence-electron chi connectivity index (χ0n) is 29.5. The van der Waals surface area contributed by atoms with Gasteiger partial charge in [0, 0.05) is 24.2 Å².